The molecular formula is C15H30N2O2. The van der Waals surface area contributed by atoms with Gasteiger partial charge in [0.05, 0.1) is 12.1 Å². The Morgan fingerprint density at radius 2 is 1.79 bits per heavy atom. The van der Waals surface area contributed by atoms with E-state index in [1.54, 1.807) is 13.8 Å². The monoisotopic (exact) mass is 270 g/mol. The van der Waals surface area contributed by atoms with Gasteiger partial charge in [-0.05, 0) is 39.7 Å². The lowest BCUT2D eigenvalue weighted by atomic mass is 9.89. The predicted molar refractivity (Wildman–Crippen MR) is 78.0 cm³/mol. The van der Waals surface area contributed by atoms with Gasteiger partial charge in [-0.2, -0.15) is 0 Å². The number of hydrogen-bond donors (Lipinski definition) is 1. The average Bonchev–Trinajstić information content (AvgIpc) is 2.27. The second-order valence-corrected chi connectivity index (χ2v) is 6.76. The Morgan fingerprint density at radius 1 is 1.21 bits per heavy atom. The Balaban J connectivity index is 2.31. The number of carbonyl (C=O) groups is 1. The first kappa shape index (κ1) is 16.4. The molecule has 1 N–H and O–H groups in total. The summed E-state index contributed by atoms with van der Waals surface area (Å²) in [5.41, 5.74) is -0.753. The Bertz CT molecular complexity index is 280. The maximum absolute atomic E-state index is 12.1. The summed E-state index contributed by atoms with van der Waals surface area (Å²) in [7, 11) is 3.78. The maximum atomic E-state index is 12.1. The van der Waals surface area contributed by atoms with Gasteiger partial charge in [-0.1, -0.05) is 19.3 Å². The zero-order valence-electron chi connectivity index (χ0n) is 13.0. The molecule has 1 saturated carbocycles. The minimum atomic E-state index is -0.753. The van der Waals surface area contributed by atoms with Crippen LogP contribution in [0.15, 0.2) is 0 Å². The summed E-state index contributed by atoms with van der Waals surface area (Å²) in [4.78, 5) is 15.9. The Hall–Kier alpha value is -0.610. The fraction of sp³-hybridized carbons (Fsp3) is 0.933. The summed E-state index contributed by atoms with van der Waals surface area (Å²) in [6, 6.07) is 0. The molecule has 0 heterocycles. The van der Waals surface area contributed by atoms with Crippen LogP contribution in [0.25, 0.3) is 0 Å². The lowest BCUT2D eigenvalue weighted by Crippen LogP contribution is -2.43. The average molecular weight is 270 g/mol. The highest BCUT2D eigenvalue weighted by atomic mass is 16.3. The van der Waals surface area contributed by atoms with Crippen LogP contribution >= 0.6 is 0 Å². The molecule has 0 saturated heterocycles. The third-order valence-electron chi connectivity index (χ3n) is 3.74. The molecule has 19 heavy (non-hydrogen) atoms. The van der Waals surface area contributed by atoms with E-state index >= 15 is 0 Å². The molecular weight excluding hydrogens is 240 g/mol. The highest BCUT2D eigenvalue weighted by molar-refractivity contribution is 5.77. The molecule has 0 aromatic carbocycles. The van der Waals surface area contributed by atoms with Gasteiger partial charge in [0, 0.05) is 20.1 Å². The molecule has 0 spiro atoms. The predicted octanol–water partition coefficient (Wildman–Crippen LogP) is 1.73. The largest absolute Gasteiger partial charge is 0.389 e. The minimum absolute atomic E-state index is 0.150. The van der Waals surface area contributed by atoms with Crippen molar-refractivity contribution in [1.82, 2.24) is 9.80 Å². The molecule has 1 aliphatic rings. The van der Waals surface area contributed by atoms with E-state index in [-0.39, 0.29) is 5.91 Å². The van der Waals surface area contributed by atoms with Gasteiger partial charge in [0.1, 0.15) is 0 Å². The quantitative estimate of drug-likeness (QED) is 0.799. The van der Waals surface area contributed by atoms with Crippen molar-refractivity contribution in [3.63, 3.8) is 0 Å². The van der Waals surface area contributed by atoms with E-state index in [2.05, 4.69) is 0 Å². The van der Waals surface area contributed by atoms with E-state index in [9.17, 15) is 9.90 Å². The summed E-state index contributed by atoms with van der Waals surface area (Å²) in [5.74, 6) is 0.833. The molecule has 112 valence electrons. The third kappa shape index (κ3) is 6.92. The van der Waals surface area contributed by atoms with Crippen molar-refractivity contribution in [2.45, 2.75) is 51.6 Å². The van der Waals surface area contributed by atoms with Crippen LogP contribution < -0.4 is 0 Å². The third-order valence-corrected chi connectivity index (χ3v) is 3.74. The summed E-state index contributed by atoms with van der Waals surface area (Å²) < 4.78 is 0. The van der Waals surface area contributed by atoms with E-state index in [1.807, 2.05) is 23.9 Å². The molecule has 1 rings (SSSR count). The molecule has 1 aliphatic carbocycles. The van der Waals surface area contributed by atoms with Gasteiger partial charge < -0.3 is 10.0 Å². The summed E-state index contributed by atoms with van der Waals surface area (Å²) in [6.07, 6.45) is 6.49. The van der Waals surface area contributed by atoms with Gasteiger partial charge in [0.15, 0.2) is 0 Å². The number of likely N-dealkylation sites (N-methyl/N-ethyl adjacent to an activating group) is 2. The van der Waals surface area contributed by atoms with Crippen LogP contribution in [-0.4, -0.2) is 60.1 Å². The van der Waals surface area contributed by atoms with Crippen LogP contribution in [0.5, 0.6) is 0 Å². The minimum Gasteiger partial charge on any atom is -0.389 e. The van der Waals surface area contributed by atoms with Crippen LogP contribution in [0, 0.1) is 5.92 Å². The van der Waals surface area contributed by atoms with Gasteiger partial charge in [-0.3, -0.25) is 9.69 Å². The smallest absolute Gasteiger partial charge is 0.236 e. The molecule has 1 amide bonds. The SMILES string of the molecule is CN(CC(=O)N(C)CC1CCCCC1)CC(C)(C)O. The molecule has 0 bridgehead atoms. The Morgan fingerprint density at radius 3 is 2.32 bits per heavy atom. The van der Waals surface area contributed by atoms with E-state index in [0.29, 0.717) is 19.0 Å². The van der Waals surface area contributed by atoms with Crippen LogP contribution in [0.1, 0.15) is 46.0 Å². The second kappa shape index (κ2) is 7.25. The Labute approximate surface area is 117 Å². The van der Waals surface area contributed by atoms with Crippen molar-refractivity contribution in [2.24, 2.45) is 5.92 Å². The normalized spacial score (nSPS) is 17.8. The van der Waals surface area contributed by atoms with E-state index in [4.69, 9.17) is 0 Å². The topological polar surface area (TPSA) is 43.8 Å². The summed E-state index contributed by atoms with van der Waals surface area (Å²) in [5, 5.41) is 9.73. The number of amides is 1. The zero-order chi connectivity index (χ0) is 14.5. The molecule has 0 aromatic rings. The summed E-state index contributed by atoms with van der Waals surface area (Å²) >= 11 is 0. The van der Waals surface area contributed by atoms with Crippen LogP contribution in [0.2, 0.25) is 0 Å². The van der Waals surface area contributed by atoms with Crippen LogP contribution in [-0.2, 0) is 4.79 Å². The number of rotatable bonds is 6. The molecule has 0 atom stereocenters. The van der Waals surface area contributed by atoms with Gasteiger partial charge in [-0.25, -0.2) is 0 Å². The van der Waals surface area contributed by atoms with Crippen molar-refractivity contribution in [3.05, 3.63) is 0 Å². The van der Waals surface area contributed by atoms with Crippen molar-refractivity contribution in [2.75, 3.05) is 33.7 Å². The number of nitrogens with zero attached hydrogens (tertiary/aromatic N) is 2. The van der Waals surface area contributed by atoms with Gasteiger partial charge in [0.25, 0.3) is 0 Å². The van der Waals surface area contributed by atoms with Gasteiger partial charge in [0.2, 0.25) is 5.91 Å². The van der Waals surface area contributed by atoms with Crippen molar-refractivity contribution >= 4 is 5.91 Å². The van der Waals surface area contributed by atoms with E-state index < -0.39 is 5.60 Å². The zero-order valence-corrected chi connectivity index (χ0v) is 13.0. The number of carbonyl (C=O) groups excluding carboxylic acids is 1. The fourth-order valence-electron chi connectivity index (χ4n) is 2.93. The van der Waals surface area contributed by atoms with Gasteiger partial charge >= 0.3 is 0 Å². The molecule has 4 heteroatoms. The highest BCUT2D eigenvalue weighted by Gasteiger charge is 2.21. The number of hydrogen-bond acceptors (Lipinski definition) is 3. The van der Waals surface area contributed by atoms with Crippen molar-refractivity contribution < 1.29 is 9.90 Å². The van der Waals surface area contributed by atoms with Crippen LogP contribution in [0.4, 0.5) is 0 Å². The standard InChI is InChI=1S/C15H30N2O2/c1-15(2,19)12-16(3)11-14(18)17(4)10-13-8-6-5-7-9-13/h13,19H,5-12H2,1-4H3. The molecule has 0 unspecified atom stereocenters. The maximum Gasteiger partial charge on any atom is 0.236 e. The summed E-state index contributed by atoms with van der Waals surface area (Å²) in [6.45, 7) is 5.30. The lowest BCUT2D eigenvalue weighted by molar-refractivity contribution is -0.132. The molecule has 0 aliphatic heterocycles. The fourth-order valence-corrected chi connectivity index (χ4v) is 2.93. The molecule has 0 aromatic heterocycles. The highest BCUT2D eigenvalue weighted by Crippen LogP contribution is 2.24. The van der Waals surface area contributed by atoms with Crippen molar-refractivity contribution in [3.8, 4) is 0 Å². The van der Waals surface area contributed by atoms with E-state index in [1.165, 1.54) is 32.1 Å². The first-order valence-corrected chi connectivity index (χ1v) is 7.43. The first-order chi connectivity index (χ1) is 8.78. The van der Waals surface area contributed by atoms with Gasteiger partial charge in [-0.15, -0.1) is 0 Å². The Kier molecular flexibility index (Phi) is 6.27. The van der Waals surface area contributed by atoms with Crippen LogP contribution in [0.3, 0.4) is 0 Å². The number of aliphatic hydroxyl groups is 1. The van der Waals surface area contributed by atoms with Crippen molar-refractivity contribution in [1.29, 1.82) is 0 Å². The second-order valence-electron chi connectivity index (χ2n) is 6.76. The first-order valence-electron chi connectivity index (χ1n) is 7.43. The lowest BCUT2D eigenvalue weighted by Gasteiger charge is -2.30. The molecule has 1 fully saturated rings. The molecule has 4 nitrogen and oxygen atoms in total. The van der Waals surface area contributed by atoms with E-state index in [0.717, 1.165) is 6.54 Å². The molecule has 0 radical (unpaired) electrons.